The number of ether oxygens (including phenoxy) is 1. The normalized spacial score (nSPS) is 22.5. The number of nitrogens with two attached hydrogens (primary N) is 1. The maximum atomic E-state index is 12.4. The molecule has 0 atom stereocenters. The highest BCUT2D eigenvalue weighted by Gasteiger charge is 2.33. The van der Waals surface area contributed by atoms with Crippen molar-refractivity contribution in [3.8, 4) is 5.75 Å². The third-order valence-corrected chi connectivity index (χ3v) is 4.04. The van der Waals surface area contributed by atoms with Crippen molar-refractivity contribution in [2.45, 2.75) is 39.7 Å². The Balaban J connectivity index is 2.37. The van der Waals surface area contributed by atoms with E-state index in [1.165, 1.54) is 0 Å². The first-order valence-corrected chi connectivity index (χ1v) is 6.40. The van der Waals surface area contributed by atoms with E-state index in [0.29, 0.717) is 0 Å². The highest BCUT2D eigenvalue weighted by molar-refractivity contribution is 6.00. The number of Topliss-reactive ketones (excluding diaryl/α,β-unsaturated/α-hetero) is 1. The topological polar surface area (TPSA) is 52.3 Å². The molecule has 1 aromatic carbocycles. The van der Waals surface area contributed by atoms with Gasteiger partial charge in [0.2, 0.25) is 0 Å². The van der Waals surface area contributed by atoms with E-state index in [2.05, 4.69) is 0 Å². The summed E-state index contributed by atoms with van der Waals surface area (Å²) in [4.78, 5) is 12.4. The van der Waals surface area contributed by atoms with Crippen molar-refractivity contribution in [3.63, 3.8) is 0 Å². The van der Waals surface area contributed by atoms with Crippen LogP contribution in [0.1, 0.15) is 39.9 Å². The highest BCUT2D eigenvalue weighted by atomic mass is 16.5. The monoisotopic (exact) mass is 247 g/mol. The predicted octanol–water partition coefficient (Wildman–Crippen LogP) is 2.54. The third kappa shape index (κ3) is 2.03. The molecule has 0 heterocycles. The van der Waals surface area contributed by atoms with Crippen LogP contribution >= 0.6 is 0 Å². The lowest BCUT2D eigenvalue weighted by atomic mass is 9.75. The summed E-state index contributed by atoms with van der Waals surface area (Å²) >= 11 is 0. The fourth-order valence-corrected chi connectivity index (χ4v) is 2.72. The summed E-state index contributed by atoms with van der Waals surface area (Å²) in [5.41, 5.74) is 9.70. The molecule has 3 nitrogen and oxygen atoms in total. The van der Waals surface area contributed by atoms with Crippen LogP contribution in [-0.4, -0.2) is 18.9 Å². The Morgan fingerprint density at radius 2 is 1.89 bits per heavy atom. The second kappa shape index (κ2) is 4.73. The Hall–Kier alpha value is -1.35. The van der Waals surface area contributed by atoms with Crippen molar-refractivity contribution in [3.05, 3.63) is 28.3 Å². The Bertz CT molecular complexity index is 488. The van der Waals surface area contributed by atoms with Gasteiger partial charge in [-0.05, 0) is 56.4 Å². The van der Waals surface area contributed by atoms with Crippen LogP contribution < -0.4 is 10.5 Å². The second-order valence-corrected chi connectivity index (χ2v) is 5.32. The molecule has 2 rings (SSSR count). The predicted molar refractivity (Wildman–Crippen MR) is 72.2 cm³/mol. The molecule has 98 valence electrons. The fourth-order valence-electron chi connectivity index (χ4n) is 2.72. The summed E-state index contributed by atoms with van der Waals surface area (Å²) in [5.74, 6) is 1.24. The number of ketones is 1. The summed E-state index contributed by atoms with van der Waals surface area (Å²) in [6, 6.07) is 2.16. The van der Waals surface area contributed by atoms with Crippen LogP contribution in [0.4, 0.5) is 0 Å². The molecule has 0 radical (unpaired) electrons. The van der Waals surface area contributed by atoms with E-state index in [1.54, 1.807) is 7.11 Å². The highest BCUT2D eigenvalue weighted by Crippen LogP contribution is 2.34. The molecule has 0 saturated heterocycles. The number of hydrogen-bond donors (Lipinski definition) is 1. The SMILES string of the molecule is COc1c(C)cc(C(=O)C2CC(N)C2)c(C)c1C. The molecule has 0 aromatic heterocycles. The lowest BCUT2D eigenvalue weighted by Crippen LogP contribution is -2.40. The zero-order valence-electron chi connectivity index (χ0n) is 11.5. The average Bonchev–Trinajstić information content (AvgIpc) is 2.29. The molecule has 1 aliphatic carbocycles. The molecule has 0 amide bonds. The van der Waals surface area contributed by atoms with Gasteiger partial charge in [-0.3, -0.25) is 4.79 Å². The number of carbonyl (C=O) groups is 1. The lowest BCUT2D eigenvalue weighted by Gasteiger charge is -2.31. The lowest BCUT2D eigenvalue weighted by molar-refractivity contribution is 0.0832. The minimum atomic E-state index is 0.117. The molecule has 1 aliphatic rings. The first kappa shape index (κ1) is 13.1. The van der Waals surface area contributed by atoms with E-state index >= 15 is 0 Å². The average molecular weight is 247 g/mol. The van der Waals surface area contributed by atoms with Crippen LogP contribution in [0.15, 0.2) is 6.07 Å². The van der Waals surface area contributed by atoms with Gasteiger partial charge >= 0.3 is 0 Å². The number of aryl methyl sites for hydroxylation is 1. The van der Waals surface area contributed by atoms with E-state index < -0.39 is 0 Å². The number of hydrogen-bond acceptors (Lipinski definition) is 3. The van der Waals surface area contributed by atoms with Crippen molar-refractivity contribution in [1.82, 2.24) is 0 Å². The van der Waals surface area contributed by atoms with Gasteiger partial charge in [-0.25, -0.2) is 0 Å². The van der Waals surface area contributed by atoms with Crippen molar-refractivity contribution >= 4 is 5.78 Å². The molecule has 0 unspecified atom stereocenters. The van der Waals surface area contributed by atoms with Crippen molar-refractivity contribution in [2.75, 3.05) is 7.11 Å². The molecule has 18 heavy (non-hydrogen) atoms. The Morgan fingerprint density at radius 1 is 1.28 bits per heavy atom. The molecular formula is C15H21NO2. The van der Waals surface area contributed by atoms with Crippen LogP contribution in [0, 0.1) is 26.7 Å². The van der Waals surface area contributed by atoms with Gasteiger partial charge in [0.25, 0.3) is 0 Å². The molecule has 2 N–H and O–H groups in total. The zero-order chi connectivity index (χ0) is 13.4. The molecule has 1 saturated carbocycles. The van der Waals surface area contributed by atoms with E-state index in [0.717, 1.165) is 40.8 Å². The van der Waals surface area contributed by atoms with Crippen LogP contribution in [0.25, 0.3) is 0 Å². The van der Waals surface area contributed by atoms with Crippen LogP contribution in [0.5, 0.6) is 5.75 Å². The van der Waals surface area contributed by atoms with Gasteiger partial charge in [0.15, 0.2) is 5.78 Å². The second-order valence-electron chi connectivity index (χ2n) is 5.32. The summed E-state index contributed by atoms with van der Waals surface area (Å²) in [6.45, 7) is 5.97. The number of carbonyl (C=O) groups excluding carboxylic acids is 1. The minimum absolute atomic E-state index is 0.117. The fraction of sp³-hybridized carbons (Fsp3) is 0.533. The quantitative estimate of drug-likeness (QED) is 0.835. The Morgan fingerprint density at radius 3 is 2.39 bits per heavy atom. The van der Waals surface area contributed by atoms with Crippen LogP contribution in [0.3, 0.4) is 0 Å². The van der Waals surface area contributed by atoms with Crippen LogP contribution in [-0.2, 0) is 0 Å². The number of benzene rings is 1. The van der Waals surface area contributed by atoms with Gasteiger partial charge in [0.1, 0.15) is 5.75 Å². The molecule has 1 fully saturated rings. The molecular weight excluding hydrogens is 226 g/mol. The molecule has 1 aromatic rings. The Labute approximate surface area is 108 Å². The van der Waals surface area contributed by atoms with Crippen molar-refractivity contribution < 1.29 is 9.53 Å². The number of methoxy groups -OCH3 is 1. The van der Waals surface area contributed by atoms with E-state index in [4.69, 9.17) is 10.5 Å². The summed E-state index contributed by atoms with van der Waals surface area (Å²) < 4.78 is 5.38. The Kier molecular flexibility index (Phi) is 3.44. The van der Waals surface area contributed by atoms with Gasteiger partial charge in [0.05, 0.1) is 7.11 Å². The maximum Gasteiger partial charge on any atom is 0.166 e. The van der Waals surface area contributed by atoms with E-state index in [1.807, 2.05) is 26.8 Å². The minimum Gasteiger partial charge on any atom is -0.496 e. The molecule has 0 aliphatic heterocycles. The van der Waals surface area contributed by atoms with Gasteiger partial charge in [-0.2, -0.15) is 0 Å². The standard InChI is InChI=1S/C15H21NO2/c1-8-5-13(9(2)10(3)15(8)18-4)14(17)11-6-12(16)7-11/h5,11-12H,6-7,16H2,1-4H3. The van der Waals surface area contributed by atoms with Crippen LogP contribution in [0.2, 0.25) is 0 Å². The van der Waals surface area contributed by atoms with Crippen molar-refractivity contribution in [2.24, 2.45) is 11.7 Å². The molecule has 0 spiro atoms. The van der Waals surface area contributed by atoms with E-state index in [-0.39, 0.29) is 17.7 Å². The third-order valence-electron chi connectivity index (χ3n) is 4.04. The van der Waals surface area contributed by atoms with E-state index in [9.17, 15) is 4.79 Å². The first-order valence-electron chi connectivity index (χ1n) is 6.40. The zero-order valence-corrected chi connectivity index (χ0v) is 11.5. The number of rotatable bonds is 3. The molecule has 3 heteroatoms. The summed E-state index contributed by atoms with van der Waals surface area (Å²) in [6.07, 6.45) is 1.64. The molecule has 0 bridgehead atoms. The van der Waals surface area contributed by atoms with Gasteiger partial charge < -0.3 is 10.5 Å². The van der Waals surface area contributed by atoms with Crippen molar-refractivity contribution in [1.29, 1.82) is 0 Å². The maximum absolute atomic E-state index is 12.4. The smallest absolute Gasteiger partial charge is 0.166 e. The largest absolute Gasteiger partial charge is 0.496 e. The van der Waals surface area contributed by atoms with Gasteiger partial charge in [-0.15, -0.1) is 0 Å². The van der Waals surface area contributed by atoms with Gasteiger partial charge in [-0.1, -0.05) is 0 Å². The summed E-state index contributed by atoms with van der Waals surface area (Å²) in [7, 11) is 1.67. The first-order chi connectivity index (χ1) is 8.45. The van der Waals surface area contributed by atoms with Gasteiger partial charge in [0, 0.05) is 17.5 Å². The summed E-state index contributed by atoms with van der Waals surface area (Å²) in [5, 5.41) is 0.